The van der Waals surface area contributed by atoms with E-state index >= 15 is 0 Å². The molecule has 7 heteroatoms. The normalized spacial score (nSPS) is 14.4. The lowest BCUT2D eigenvalue weighted by molar-refractivity contribution is 0.0619. The number of imidazole rings is 1. The van der Waals surface area contributed by atoms with Crippen LogP contribution in [0.5, 0.6) is 0 Å². The van der Waals surface area contributed by atoms with Crippen molar-refractivity contribution < 1.29 is 4.79 Å². The zero-order chi connectivity index (χ0) is 24.3. The Morgan fingerprint density at radius 3 is 2.25 bits per heavy atom. The molecule has 0 N–H and O–H groups in total. The maximum atomic E-state index is 13.1. The molecule has 180 valence electrons. The molecule has 5 aromatic rings. The Morgan fingerprint density at radius 2 is 1.47 bits per heavy atom. The Hall–Kier alpha value is -3.81. The average Bonchev–Trinajstić information content (AvgIpc) is 3.56. The van der Waals surface area contributed by atoms with Gasteiger partial charge in [-0.3, -0.25) is 9.69 Å². The van der Waals surface area contributed by atoms with E-state index in [1.54, 1.807) is 0 Å². The first kappa shape index (κ1) is 22.6. The summed E-state index contributed by atoms with van der Waals surface area (Å²) in [6.45, 7) is 4.57. The molecule has 1 fully saturated rings. The predicted molar refractivity (Wildman–Crippen MR) is 144 cm³/mol. The Bertz CT molecular complexity index is 1470. The van der Waals surface area contributed by atoms with Gasteiger partial charge in [0.2, 0.25) is 0 Å². The molecule has 0 atom stereocenters. The summed E-state index contributed by atoms with van der Waals surface area (Å²) in [6, 6.07) is 28.9. The molecule has 0 spiro atoms. The molecule has 0 radical (unpaired) electrons. The van der Waals surface area contributed by atoms with E-state index in [2.05, 4.69) is 56.9 Å². The molecule has 6 rings (SSSR count). The molecule has 0 bridgehead atoms. The molecule has 6 nitrogen and oxygen atoms in total. The van der Waals surface area contributed by atoms with Gasteiger partial charge in [-0.1, -0.05) is 72.8 Å². The molecular weight excluding hydrogens is 466 g/mol. The first-order chi connectivity index (χ1) is 17.7. The number of amides is 1. The number of para-hydroxylation sites is 2. The number of nitrogens with zero attached hydrogens (tertiary/aromatic N) is 5. The predicted octanol–water partition coefficient (Wildman–Crippen LogP) is 5.17. The highest BCUT2D eigenvalue weighted by Gasteiger charge is 2.25. The van der Waals surface area contributed by atoms with Crippen LogP contribution in [0.4, 0.5) is 0 Å². The molecule has 1 saturated heterocycles. The lowest BCUT2D eigenvalue weighted by atomic mass is 10.2. The zero-order valence-electron chi connectivity index (χ0n) is 20.0. The minimum absolute atomic E-state index is 0.0180. The summed E-state index contributed by atoms with van der Waals surface area (Å²) in [5, 5.41) is 2.76. The smallest absolute Gasteiger partial charge is 0.273 e. The van der Waals surface area contributed by atoms with Crippen molar-refractivity contribution in [2.24, 2.45) is 0 Å². The van der Waals surface area contributed by atoms with Crippen LogP contribution in [0.25, 0.3) is 21.6 Å². The van der Waals surface area contributed by atoms with Crippen molar-refractivity contribution in [2.45, 2.75) is 13.1 Å². The quantitative estimate of drug-likeness (QED) is 0.328. The molecule has 3 heterocycles. The Morgan fingerprint density at radius 1 is 0.778 bits per heavy atom. The third-order valence-electron chi connectivity index (χ3n) is 6.69. The van der Waals surface area contributed by atoms with Crippen molar-refractivity contribution in [1.29, 1.82) is 0 Å². The standard InChI is InChI=1S/C29H27N5OS/c35-29(25-21-36-28(31-25)23-11-5-2-6-12-23)33-17-15-32(16-18-33)20-27-30-24-13-7-8-14-26(24)34(27)19-22-9-3-1-4-10-22/h1-14,21H,15-20H2. The van der Waals surface area contributed by atoms with Crippen molar-refractivity contribution >= 4 is 28.3 Å². The van der Waals surface area contributed by atoms with Crippen LogP contribution < -0.4 is 0 Å². The molecule has 0 aliphatic carbocycles. The van der Waals surface area contributed by atoms with Crippen LogP contribution in [0, 0.1) is 0 Å². The van der Waals surface area contributed by atoms with E-state index in [1.807, 2.05) is 52.7 Å². The number of hydrogen-bond acceptors (Lipinski definition) is 5. The summed E-state index contributed by atoms with van der Waals surface area (Å²) in [5.74, 6) is 1.08. The van der Waals surface area contributed by atoms with Crippen LogP contribution in [-0.2, 0) is 13.1 Å². The summed E-state index contributed by atoms with van der Waals surface area (Å²) >= 11 is 1.52. The third-order valence-corrected chi connectivity index (χ3v) is 7.58. The van der Waals surface area contributed by atoms with Crippen LogP contribution in [0.1, 0.15) is 21.9 Å². The number of rotatable bonds is 6. The summed E-state index contributed by atoms with van der Waals surface area (Å²) < 4.78 is 2.32. The first-order valence-corrected chi connectivity index (χ1v) is 13.1. The van der Waals surface area contributed by atoms with Gasteiger partial charge in [0.1, 0.15) is 16.5 Å². The highest BCUT2D eigenvalue weighted by molar-refractivity contribution is 7.13. The number of carbonyl (C=O) groups is 1. The Kier molecular flexibility index (Phi) is 6.32. The fourth-order valence-corrected chi connectivity index (χ4v) is 5.54. The zero-order valence-corrected chi connectivity index (χ0v) is 20.8. The maximum absolute atomic E-state index is 13.1. The highest BCUT2D eigenvalue weighted by Crippen LogP contribution is 2.24. The van der Waals surface area contributed by atoms with E-state index in [9.17, 15) is 4.79 Å². The summed E-state index contributed by atoms with van der Waals surface area (Å²) in [4.78, 5) is 27.0. The second-order valence-corrected chi connectivity index (χ2v) is 9.92. The molecule has 36 heavy (non-hydrogen) atoms. The average molecular weight is 494 g/mol. The maximum Gasteiger partial charge on any atom is 0.273 e. The highest BCUT2D eigenvalue weighted by atomic mass is 32.1. The van der Waals surface area contributed by atoms with Crippen LogP contribution in [0.2, 0.25) is 0 Å². The topological polar surface area (TPSA) is 54.3 Å². The summed E-state index contributed by atoms with van der Waals surface area (Å²) in [6.07, 6.45) is 0. The largest absolute Gasteiger partial charge is 0.335 e. The fraction of sp³-hybridized carbons (Fsp3) is 0.207. The van der Waals surface area contributed by atoms with E-state index in [4.69, 9.17) is 4.98 Å². The first-order valence-electron chi connectivity index (χ1n) is 12.3. The van der Waals surface area contributed by atoms with Gasteiger partial charge in [-0.25, -0.2) is 9.97 Å². The van der Waals surface area contributed by atoms with Gasteiger partial charge in [0.25, 0.3) is 5.91 Å². The van der Waals surface area contributed by atoms with Crippen LogP contribution in [0.15, 0.2) is 90.3 Å². The van der Waals surface area contributed by atoms with E-state index in [0.717, 1.165) is 53.6 Å². The van der Waals surface area contributed by atoms with E-state index in [0.29, 0.717) is 18.8 Å². The van der Waals surface area contributed by atoms with Crippen LogP contribution >= 0.6 is 11.3 Å². The molecular formula is C29H27N5OS. The molecule has 0 saturated carbocycles. The number of carbonyl (C=O) groups excluding carboxylic acids is 1. The number of thiazole rings is 1. The number of hydrogen-bond donors (Lipinski definition) is 0. The number of piperazine rings is 1. The van der Waals surface area contributed by atoms with Gasteiger partial charge in [0, 0.05) is 43.7 Å². The summed E-state index contributed by atoms with van der Waals surface area (Å²) in [7, 11) is 0. The number of benzene rings is 3. The van der Waals surface area contributed by atoms with E-state index in [1.165, 1.54) is 16.9 Å². The molecule has 1 aliphatic heterocycles. The van der Waals surface area contributed by atoms with Crippen molar-refractivity contribution in [3.8, 4) is 10.6 Å². The molecule has 1 amide bonds. The van der Waals surface area contributed by atoms with Gasteiger partial charge in [-0.15, -0.1) is 11.3 Å². The minimum atomic E-state index is 0.0180. The van der Waals surface area contributed by atoms with Crippen molar-refractivity contribution in [1.82, 2.24) is 24.3 Å². The van der Waals surface area contributed by atoms with Crippen molar-refractivity contribution in [3.05, 3.63) is 107 Å². The second kappa shape index (κ2) is 10.0. The lowest BCUT2D eigenvalue weighted by Crippen LogP contribution is -2.48. The molecule has 3 aromatic carbocycles. The van der Waals surface area contributed by atoms with Gasteiger partial charge in [-0.05, 0) is 17.7 Å². The van der Waals surface area contributed by atoms with Crippen molar-refractivity contribution in [3.63, 3.8) is 0 Å². The number of fused-ring (bicyclic) bond motifs is 1. The Labute approximate surface area is 214 Å². The van der Waals surface area contributed by atoms with Gasteiger partial charge in [-0.2, -0.15) is 0 Å². The third kappa shape index (κ3) is 4.67. The molecule has 1 aliphatic rings. The van der Waals surface area contributed by atoms with E-state index < -0.39 is 0 Å². The minimum Gasteiger partial charge on any atom is -0.335 e. The van der Waals surface area contributed by atoms with Crippen LogP contribution in [-0.4, -0.2) is 56.4 Å². The summed E-state index contributed by atoms with van der Waals surface area (Å²) in [5.41, 5.74) is 5.02. The van der Waals surface area contributed by atoms with Gasteiger partial charge >= 0.3 is 0 Å². The van der Waals surface area contributed by atoms with Crippen molar-refractivity contribution in [2.75, 3.05) is 26.2 Å². The monoisotopic (exact) mass is 493 g/mol. The van der Waals surface area contributed by atoms with Crippen LogP contribution in [0.3, 0.4) is 0 Å². The Balaban J connectivity index is 1.13. The molecule has 2 aromatic heterocycles. The van der Waals surface area contributed by atoms with Gasteiger partial charge < -0.3 is 9.47 Å². The second-order valence-electron chi connectivity index (χ2n) is 9.06. The number of aromatic nitrogens is 3. The van der Waals surface area contributed by atoms with Gasteiger partial charge in [0.05, 0.1) is 17.6 Å². The molecule has 0 unspecified atom stereocenters. The van der Waals surface area contributed by atoms with Gasteiger partial charge in [0.15, 0.2) is 0 Å². The fourth-order valence-electron chi connectivity index (χ4n) is 4.74. The van der Waals surface area contributed by atoms with E-state index in [-0.39, 0.29) is 5.91 Å². The SMILES string of the molecule is O=C(c1csc(-c2ccccc2)n1)N1CCN(Cc2nc3ccccc3n2Cc2ccccc2)CC1. The lowest BCUT2D eigenvalue weighted by Gasteiger charge is -2.34.